The summed E-state index contributed by atoms with van der Waals surface area (Å²) in [6.45, 7) is 0. The Morgan fingerprint density at radius 1 is 0.897 bits per heavy atom. The molecular weight excluding hydrogens is 714 g/mol. The molecule has 0 saturated carbocycles. The standard InChI is InChI=1S/C29H17Br3ClN3O3/c30-18-11-9-16(10-12-18)29(38)39-27-17(13-19(31)14-22(27)32)15-34-36-28(37)26-25(20-5-1-3-7-23(20)33)21-6-2-4-8-24(21)35-26/h1-15,35H,(H,36,37). The van der Waals surface area contributed by atoms with Crippen LogP contribution in [0.25, 0.3) is 22.0 Å². The van der Waals surface area contributed by atoms with Crippen LogP contribution in [0.15, 0.2) is 103 Å². The van der Waals surface area contributed by atoms with Crippen LogP contribution in [-0.2, 0) is 0 Å². The Morgan fingerprint density at radius 2 is 1.62 bits per heavy atom. The highest BCUT2D eigenvalue weighted by atomic mass is 79.9. The van der Waals surface area contributed by atoms with Gasteiger partial charge in [0.25, 0.3) is 5.91 Å². The largest absolute Gasteiger partial charge is 0.421 e. The summed E-state index contributed by atoms with van der Waals surface area (Å²) in [6.07, 6.45) is 1.41. The van der Waals surface area contributed by atoms with Crippen molar-refractivity contribution in [3.63, 3.8) is 0 Å². The maximum Gasteiger partial charge on any atom is 0.343 e. The van der Waals surface area contributed by atoms with Gasteiger partial charge in [-0.15, -0.1) is 0 Å². The van der Waals surface area contributed by atoms with E-state index in [9.17, 15) is 9.59 Å². The highest BCUT2D eigenvalue weighted by Gasteiger charge is 2.21. The average Bonchev–Trinajstić information content (AvgIpc) is 3.30. The molecule has 0 unspecified atom stereocenters. The molecule has 4 aromatic carbocycles. The lowest BCUT2D eigenvalue weighted by atomic mass is 10.0. The molecule has 10 heteroatoms. The van der Waals surface area contributed by atoms with Crippen LogP contribution in [0.2, 0.25) is 5.02 Å². The van der Waals surface area contributed by atoms with Crippen molar-refractivity contribution in [2.75, 3.05) is 0 Å². The van der Waals surface area contributed by atoms with Gasteiger partial charge in [0.2, 0.25) is 0 Å². The third-order valence-corrected chi connectivity index (χ3v) is 7.66. The second-order valence-corrected chi connectivity index (χ2v) is 11.4. The summed E-state index contributed by atoms with van der Waals surface area (Å²) in [5.74, 6) is -0.738. The molecule has 1 aromatic heterocycles. The number of ether oxygens (including phenoxy) is 1. The van der Waals surface area contributed by atoms with E-state index in [0.717, 1.165) is 25.4 Å². The van der Waals surface area contributed by atoms with Gasteiger partial charge >= 0.3 is 5.97 Å². The minimum absolute atomic E-state index is 0.256. The van der Waals surface area contributed by atoms with E-state index in [1.54, 1.807) is 42.5 Å². The number of aromatic amines is 1. The van der Waals surface area contributed by atoms with Crippen molar-refractivity contribution in [2.45, 2.75) is 0 Å². The van der Waals surface area contributed by atoms with E-state index >= 15 is 0 Å². The number of carbonyl (C=O) groups excluding carboxylic acids is 2. The summed E-state index contributed by atoms with van der Waals surface area (Å²) >= 11 is 16.7. The van der Waals surface area contributed by atoms with Crippen LogP contribution >= 0.6 is 59.4 Å². The molecule has 1 heterocycles. The number of nitrogens with zero attached hydrogens (tertiary/aromatic N) is 1. The van der Waals surface area contributed by atoms with Crippen LogP contribution in [0.3, 0.4) is 0 Å². The predicted octanol–water partition coefficient (Wildman–Crippen LogP) is 8.76. The molecule has 0 aliphatic carbocycles. The van der Waals surface area contributed by atoms with Gasteiger partial charge in [-0.25, -0.2) is 10.2 Å². The summed E-state index contributed by atoms with van der Waals surface area (Å²) in [4.78, 5) is 29.3. The number of hydrogen-bond acceptors (Lipinski definition) is 4. The summed E-state index contributed by atoms with van der Waals surface area (Å²) in [6, 6.07) is 25.2. The Morgan fingerprint density at radius 3 is 2.38 bits per heavy atom. The van der Waals surface area contributed by atoms with E-state index in [0.29, 0.717) is 31.9 Å². The molecule has 2 N–H and O–H groups in total. The number of aromatic nitrogens is 1. The van der Waals surface area contributed by atoms with Gasteiger partial charge in [-0.05, 0) is 64.5 Å². The fourth-order valence-electron chi connectivity index (χ4n) is 3.99. The lowest BCUT2D eigenvalue weighted by molar-refractivity contribution is 0.0733. The van der Waals surface area contributed by atoms with Crippen LogP contribution < -0.4 is 10.2 Å². The molecular formula is C29H17Br3ClN3O3. The average molecular weight is 731 g/mol. The molecule has 0 spiro atoms. The zero-order valence-electron chi connectivity index (χ0n) is 19.8. The van der Waals surface area contributed by atoms with Crippen LogP contribution in [0.5, 0.6) is 5.75 Å². The van der Waals surface area contributed by atoms with E-state index in [2.05, 4.69) is 63.3 Å². The van der Waals surface area contributed by atoms with Crippen LogP contribution in [0.1, 0.15) is 26.4 Å². The third-order valence-electron chi connectivity index (χ3n) is 5.76. The Kier molecular flexibility index (Phi) is 8.32. The van der Waals surface area contributed by atoms with E-state index in [1.165, 1.54) is 6.21 Å². The summed E-state index contributed by atoms with van der Waals surface area (Å²) in [7, 11) is 0. The number of amides is 1. The minimum Gasteiger partial charge on any atom is -0.421 e. The number of hydrazone groups is 1. The van der Waals surface area contributed by atoms with Crippen molar-refractivity contribution in [3.05, 3.63) is 120 Å². The second-order valence-electron chi connectivity index (χ2n) is 8.30. The quantitative estimate of drug-likeness (QED) is 0.0794. The smallest absolute Gasteiger partial charge is 0.343 e. The number of carbonyl (C=O) groups is 2. The van der Waals surface area contributed by atoms with Gasteiger partial charge < -0.3 is 9.72 Å². The van der Waals surface area contributed by atoms with Crippen molar-refractivity contribution in [2.24, 2.45) is 5.10 Å². The first-order valence-electron chi connectivity index (χ1n) is 11.5. The lowest BCUT2D eigenvalue weighted by Crippen LogP contribution is -2.19. The summed E-state index contributed by atoms with van der Waals surface area (Å²) in [5.41, 5.74) is 5.94. The number of H-pyrrole nitrogens is 1. The molecule has 0 aliphatic rings. The fourth-order valence-corrected chi connectivity index (χ4v) is 5.83. The Bertz CT molecular complexity index is 1750. The maximum absolute atomic E-state index is 13.3. The third kappa shape index (κ3) is 6.01. The van der Waals surface area contributed by atoms with Crippen LogP contribution in [-0.4, -0.2) is 23.1 Å². The Hall–Kier alpha value is -3.24. The van der Waals surface area contributed by atoms with Crippen molar-refractivity contribution in [1.82, 2.24) is 10.4 Å². The second kappa shape index (κ2) is 11.9. The van der Waals surface area contributed by atoms with Crippen LogP contribution in [0, 0.1) is 0 Å². The van der Waals surface area contributed by atoms with E-state index in [1.807, 2.05) is 42.5 Å². The van der Waals surface area contributed by atoms with Gasteiger partial charge in [-0.2, -0.15) is 5.10 Å². The summed E-state index contributed by atoms with van der Waals surface area (Å²) < 4.78 is 7.79. The first-order valence-corrected chi connectivity index (χ1v) is 14.2. The number of esters is 1. The van der Waals surface area contributed by atoms with E-state index in [-0.39, 0.29) is 5.75 Å². The first-order chi connectivity index (χ1) is 18.8. The van der Waals surface area contributed by atoms with Crippen molar-refractivity contribution in [3.8, 4) is 16.9 Å². The zero-order chi connectivity index (χ0) is 27.5. The number of nitrogens with one attached hydrogen (secondary N) is 2. The van der Waals surface area contributed by atoms with Gasteiger partial charge in [0, 0.05) is 41.6 Å². The molecule has 0 radical (unpaired) electrons. The molecule has 5 aromatic rings. The van der Waals surface area contributed by atoms with Gasteiger partial charge in [-0.1, -0.05) is 79.9 Å². The lowest BCUT2D eigenvalue weighted by Gasteiger charge is -2.11. The molecule has 0 aliphatic heterocycles. The van der Waals surface area contributed by atoms with Gasteiger partial charge in [0.05, 0.1) is 16.3 Å². The van der Waals surface area contributed by atoms with Crippen LogP contribution in [0.4, 0.5) is 0 Å². The Balaban J connectivity index is 1.44. The monoisotopic (exact) mass is 727 g/mol. The maximum atomic E-state index is 13.3. The minimum atomic E-state index is -0.535. The number of benzene rings is 4. The normalized spacial score (nSPS) is 11.2. The van der Waals surface area contributed by atoms with Gasteiger partial charge in [-0.3, -0.25) is 4.79 Å². The first kappa shape index (κ1) is 27.3. The van der Waals surface area contributed by atoms with Gasteiger partial charge in [0.1, 0.15) is 5.69 Å². The van der Waals surface area contributed by atoms with E-state index in [4.69, 9.17) is 16.3 Å². The molecule has 0 bridgehead atoms. The summed E-state index contributed by atoms with van der Waals surface area (Å²) in [5, 5.41) is 5.55. The SMILES string of the molecule is O=C(Oc1c(Br)cc(Br)cc1C=NNC(=O)c1[nH]c2ccccc2c1-c1ccccc1Cl)c1ccc(Br)cc1. The number of halogens is 4. The molecule has 0 atom stereocenters. The van der Waals surface area contributed by atoms with Gasteiger partial charge in [0.15, 0.2) is 5.75 Å². The molecule has 5 rings (SSSR count). The highest BCUT2D eigenvalue weighted by Crippen LogP contribution is 2.37. The molecule has 0 fully saturated rings. The van der Waals surface area contributed by atoms with Crippen molar-refractivity contribution in [1.29, 1.82) is 0 Å². The number of rotatable bonds is 6. The Labute approximate surface area is 253 Å². The van der Waals surface area contributed by atoms with Crippen molar-refractivity contribution >= 4 is 88.4 Å². The highest BCUT2D eigenvalue weighted by molar-refractivity contribution is 9.11. The number of hydrogen-bond donors (Lipinski definition) is 2. The molecule has 0 saturated heterocycles. The molecule has 1 amide bonds. The fraction of sp³-hybridized carbons (Fsp3) is 0. The number of fused-ring (bicyclic) bond motifs is 1. The number of para-hydroxylation sites is 1. The molecule has 194 valence electrons. The molecule has 6 nitrogen and oxygen atoms in total. The van der Waals surface area contributed by atoms with Crippen molar-refractivity contribution < 1.29 is 14.3 Å². The predicted molar refractivity (Wildman–Crippen MR) is 165 cm³/mol. The van der Waals surface area contributed by atoms with E-state index < -0.39 is 11.9 Å². The topological polar surface area (TPSA) is 83.5 Å². The zero-order valence-corrected chi connectivity index (χ0v) is 25.4. The molecule has 39 heavy (non-hydrogen) atoms.